The van der Waals surface area contributed by atoms with E-state index in [2.05, 4.69) is 20.2 Å². The van der Waals surface area contributed by atoms with Crippen molar-refractivity contribution in [2.24, 2.45) is 0 Å². The molecule has 2 aromatic heterocycles. The van der Waals surface area contributed by atoms with E-state index >= 15 is 0 Å². The highest BCUT2D eigenvalue weighted by molar-refractivity contribution is 6.29. The van der Waals surface area contributed by atoms with Crippen LogP contribution in [0, 0.1) is 0 Å². The first-order chi connectivity index (χ1) is 17.0. The Morgan fingerprint density at radius 2 is 1.86 bits per heavy atom. The minimum atomic E-state index is -0.261. The van der Waals surface area contributed by atoms with Crippen LogP contribution < -0.4 is 19.7 Å². The molecule has 1 aliphatic heterocycles. The highest BCUT2D eigenvalue weighted by Gasteiger charge is 2.24. The molecule has 0 radical (unpaired) electrons. The number of piperazine rings is 1. The third-order valence-electron chi connectivity index (χ3n) is 5.55. The van der Waals surface area contributed by atoms with E-state index in [0.29, 0.717) is 61.2 Å². The number of hydrogen-bond acceptors (Lipinski definition) is 7. The summed E-state index contributed by atoms with van der Waals surface area (Å²) in [5.41, 5.74) is 1.49. The van der Waals surface area contributed by atoms with Crippen LogP contribution in [-0.2, 0) is 0 Å². The van der Waals surface area contributed by atoms with E-state index < -0.39 is 0 Å². The second-order valence-corrected chi connectivity index (χ2v) is 8.18. The Bertz CT molecular complexity index is 1200. The second-order valence-electron chi connectivity index (χ2n) is 7.79. The lowest BCUT2D eigenvalue weighted by Crippen LogP contribution is -2.49. The summed E-state index contributed by atoms with van der Waals surface area (Å²) in [6.45, 7) is 4.68. The maximum absolute atomic E-state index is 12.9. The summed E-state index contributed by atoms with van der Waals surface area (Å²) in [7, 11) is 1.48. The van der Waals surface area contributed by atoms with Gasteiger partial charge in [0.15, 0.2) is 0 Å². The Hall–Kier alpha value is -3.85. The first-order valence-electron chi connectivity index (χ1n) is 11.2. The molecule has 0 spiro atoms. The molecule has 3 heterocycles. The average Bonchev–Trinajstić information content (AvgIpc) is 2.89. The molecule has 0 atom stereocenters. The monoisotopic (exact) mass is 495 g/mol. The highest BCUT2D eigenvalue weighted by Crippen LogP contribution is 2.22. The van der Waals surface area contributed by atoms with Gasteiger partial charge in [0, 0.05) is 37.8 Å². The van der Waals surface area contributed by atoms with Gasteiger partial charge in [0.05, 0.1) is 31.2 Å². The average molecular weight is 496 g/mol. The number of carbonyl (C=O) groups is 2. The fourth-order valence-corrected chi connectivity index (χ4v) is 4.00. The van der Waals surface area contributed by atoms with Gasteiger partial charge in [-0.3, -0.25) is 9.59 Å². The number of pyridine rings is 2. The normalized spacial score (nSPS) is 13.3. The number of hydrogen-bond donors (Lipinski definition) is 1. The Kier molecular flexibility index (Phi) is 7.67. The number of anilines is 2. The van der Waals surface area contributed by atoms with Crippen molar-refractivity contribution in [2.45, 2.75) is 6.92 Å². The number of amides is 2. The predicted octanol–water partition coefficient (Wildman–Crippen LogP) is 3.75. The van der Waals surface area contributed by atoms with Crippen LogP contribution in [0.4, 0.5) is 11.5 Å². The van der Waals surface area contributed by atoms with Gasteiger partial charge in [0.25, 0.3) is 11.8 Å². The van der Waals surface area contributed by atoms with E-state index in [0.717, 1.165) is 5.82 Å². The topological polar surface area (TPSA) is 96.9 Å². The zero-order valence-corrected chi connectivity index (χ0v) is 20.3. The van der Waals surface area contributed by atoms with Crippen molar-refractivity contribution in [1.29, 1.82) is 0 Å². The number of halogens is 1. The molecule has 4 rings (SSSR count). The molecule has 3 aromatic rings. The van der Waals surface area contributed by atoms with Crippen molar-refractivity contribution in [2.75, 3.05) is 50.1 Å². The summed E-state index contributed by atoms with van der Waals surface area (Å²) in [5.74, 6) is 1.24. The van der Waals surface area contributed by atoms with Crippen molar-refractivity contribution >= 4 is 34.9 Å². The van der Waals surface area contributed by atoms with Crippen LogP contribution in [0.25, 0.3) is 0 Å². The highest BCUT2D eigenvalue weighted by atomic mass is 35.5. The molecule has 0 saturated carbocycles. The third kappa shape index (κ3) is 5.81. The number of benzene rings is 1. The number of carbonyl (C=O) groups excluding carboxylic acids is 2. The molecule has 35 heavy (non-hydrogen) atoms. The van der Waals surface area contributed by atoms with Gasteiger partial charge in [-0.15, -0.1) is 0 Å². The molecule has 1 fully saturated rings. The van der Waals surface area contributed by atoms with Crippen molar-refractivity contribution in [1.82, 2.24) is 14.9 Å². The standard InChI is InChI=1S/C25H26ClN5O4/c1-3-35-20-7-5-4-6-19(20)24(32)28-18-8-9-22(27-16-18)30-10-12-31(13-11-30)25(33)17-14-21(26)29-23(15-17)34-2/h4-9,14-16H,3,10-13H2,1-2H3,(H,28,32). The molecule has 1 saturated heterocycles. The Morgan fingerprint density at radius 1 is 1.09 bits per heavy atom. The van der Waals surface area contributed by atoms with Crippen molar-refractivity contribution in [3.8, 4) is 11.6 Å². The van der Waals surface area contributed by atoms with Crippen LogP contribution in [0.1, 0.15) is 27.6 Å². The first kappa shape index (κ1) is 24.3. The van der Waals surface area contributed by atoms with E-state index in [1.807, 2.05) is 25.1 Å². The van der Waals surface area contributed by atoms with Crippen molar-refractivity contribution in [3.63, 3.8) is 0 Å². The maximum Gasteiger partial charge on any atom is 0.259 e. The van der Waals surface area contributed by atoms with E-state index in [9.17, 15) is 9.59 Å². The number of ether oxygens (including phenoxy) is 2. The third-order valence-corrected chi connectivity index (χ3v) is 5.75. The van der Waals surface area contributed by atoms with Gasteiger partial charge < -0.3 is 24.6 Å². The molecule has 10 heteroatoms. The molecule has 182 valence electrons. The zero-order valence-electron chi connectivity index (χ0n) is 19.5. The summed E-state index contributed by atoms with van der Waals surface area (Å²) >= 11 is 6.00. The first-order valence-corrected chi connectivity index (χ1v) is 11.6. The van der Waals surface area contributed by atoms with E-state index in [4.69, 9.17) is 21.1 Å². The van der Waals surface area contributed by atoms with E-state index in [1.165, 1.54) is 7.11 Å². The van der Waals surface area contributed by atoms with Gasteiger partial charge >= 0.3 is 0 Å². The van der Waals surface area contributed by atoms with Crippen LogP contribution in [0.15, 0.2) is 54.7 Å². The fourth-order valence-electron chi connectivity index (χ4n) is 3.80. The Morgan fingerprint density at radius 3 is 2.54 bits per heavy atom. The predicted molar refractivity (Wildman–Crippen MR) is 134 cm³/mol. The lowest BCUT2D eigenvalue weighted by molar-refractivity contribution is 0.0745. The molecule has 1 aliphatic rings. The second kappa shape index (κ2) is 11.1. The molecule has 0 aliphatic carbocycles. The van der Waals surface area contributed by atoms with Gasteiger partial charge in [0.1, 0.15) is 16.7 Å². The van der Waals surface area contributed by atoms with E-state index in [1.54, 1.807) is 41.4 Å². The summed E-state index contributed by atoms with van der Waals surface area (Å²) in [6.07, 6.45) is 1.62. The van der Waals surface area contributed by atoms with Crippen LogP contribution in [0.2, 0.25) is 5.15 Å². The molecular weight excluding hydrogens is 470 g/mol. The smallest absolute Gasteiger partial charge is 0.259 e. The molecule has 9 nitrogen and oxygen atoms in total. The molecule has 1 aromatic carbocycles. The quantitative estimate of drug-likeness (QED) is 0.498. The fraction of sp³-hybridized carbons (Fsp3) is 0.280. The van der Waals surface area contributed by atoms with Gasteiger partial charge in [-0.2, -0.15) is 0 Å². The lowest BCUT2D eigenvalue weighted by Gasteiger charge is -2.35. The largest absolute Gasteiger partial charge is 0.493 e. The van der Waals surface area contributed by atoms with Gasteiger partial charge in [0.2, 0.25) is 5.88 Å². The summed E-state index contributed by atoms with van der Waals surface area (Å²) in [5, 5.41) is 3.07. The number of methoxy groups -OCH3 is 1. The molecule has 2 amide bonds. The lowest BCUT2D eigenvalue weighted by atomic mass is 10.2. The van der Waals surface area contributed by atoms with Crippen molar-refractivity contribution < 1.29 is 19.1 Å². The van der Waals surface area contributed by atoms with Crippen LogP contribution in [0.3, 0.4) is 0 Å². The number of aromatic nitrogens is 2. The Balaban J connectivity index is 1.35. The van der Waals surface area contributed by atoms with E-state index in [-0.39, 0.29) is 17.0 Å². The van der Waals surface area contributed by atoms with Gasteiger partial charge in [-0.05, 0) is 37.3 Å². The number of para-hydroxylation sites is 1. The summed E-state index contributed by atoms with van der Waals surface area (Å²) in [6, 6.07) is 13.9. The summed E-state index contributed by atoms with van der Waals surface area (Å²) < 4.78 is 10.6. The van der Waals surface area contributed by atoms with Crippen LogP contribution in [0.5, 0.6) is 11.6 Å². The molecular formula is C25H26ClN5O4. The van der Waals surface area contributed by atoms with Crippen molar-refractivity contribution in [3.05, 3.63) is 71.0 Å². The molecule has 0 unspecified atom stereocenters. The molecule has 1 N–H and O–H groups in total. The van der Waals surface area contributed by atoms with Gasteiger partial charge in [-0.25, -0.2) is 9.97 Å². The number of nitrogens with zero attached hydrogens (tertiary/aromatic N) is 4. The Labute approximate surface area is 208 Å². The van der Waals surface area contributed by atoms with Crippen LogP contribution >= 0.6 is 11.6 Å². The minimum Gasteiger partial charge on any atom is -0.493 e. The zero-order chi connectivity index (χ0) is 24.8. The maximum atomic E-state index is 12.9. The van der Waals surface area contributed by atoms with Crippen LogP contribution in [-0.4, -0.2) is 66.6 Å². The van der Waals surface area contributed by atoms with Gasteiger partial charge in [-0.1, -0.05) is 23.7 Å². The number of nitrogens with one attached hydrogen (secondary N) is 1. The number of rotatable bonds is 7. The summed E-state index contributed by atoms with van der Waals surface area (Å²) in [4.78, 5) is 38.0. The SMILES string of the molecule is CCOc1ccccc1C(=O)Nc1ccc(N2CCN(C(=O)c3cc(Cl)nc(OC)c3)CC2)nc1. The minimum absolute atomic E-state index is 0.120. The molecule has 0 bridgehead atoms.